The van der Waals surface area contributed by atoms with Crippen molar-refractivity contribution in [3.05, 3.63) is 77.1 Å². The Morgan fingerprint density at radius 2 is 1.58 bits per heavy atom. The molecule has 2 aromatic rings. The second kappa shape index (κ2) is 4.98. The Hall–Kier alpha value is -1.93. The van der Waals surface area contributed by atoms with E-state index in [9.17, 15) is 9.50 Å². The molecular formula is C17H15FO. The van der Waals surface area contributed by atoms with E-state index in [1.165, 1.54) is 12.1 Å². The molecule has 2 heteroatoms. The topological polar surface area (TPSA) is 20.2 Å². The van der Waals surface area contributed by atoms with Gasteiger partial charge in [-0.25, -0.2) is 4.39 Å². The average molecular weight is 254 g/mol. The molecule has 0 radical (unpaired) electrons. The standard InChI is InChI=1S/C17H15FO/c18-14-8-6-13(7-9-14)17(15-10-11-16(15)19)12-4-2-1-3-5-12/h1-9,16,19H,10-11H2/b17-15+. The van der Waals surface area contributed by atoms with Crippen LogP contribution in [0, 0.1) is 5.82 Å². The van der Waals surface area contributed by atoms with Gasteiger partial charge in [-0.15, -0.1) is 0 Å². The third-order valence-corrected chi connectivity index (χ3v) is 3.61. The van der Waals surface area contributed by atoms with E-state index in [0.717, 1.165) is 35.1 Å². The number of hydrogen-bond acceptors (Lipinski definition) is 1. The van der Waals surface area contributed by atoms with Crippen LogP contribution in [-0.2, 0) is 0 Å². The Kier molecular flexibility index (Phi) is 3.18. The zero-order valence-electron chi connectivity index (χ0n) is 10.5. The van der Waals surface area contributed by atoms with E-state index in [4.69, 9.17) is 0 Å². The zero-order chi connectivity index (χ0) is 13.2. The van der Waals surface area contributed by atoms with Gasteiger partial charge in [-0.05, 0) is 47.2 Å². The number of halogens is 1. The summed E-state index contributed by atoms with van der Waals surface area (Å²) in [7, 11) is 0. The largest absolute Gasteiger partial charge is 0.389 e. The molecule has 0 spiro atoms. The van der Waals surface area contributed by atoms with Gasteiger partial charge in [-0.3, -0.25) is 0 Å². The molecule has 1 N–H and O–H groups in total. The first kappa shape index (κ1) is 12.1. The van der Waals surface area contributed by atoms with E-state index < -0.39 is 0 Å². The summed E-state index contributed by atoms with van der Waals surface area (Å²) in [6, 6.07) is 16.4. The van der Waals surface area contributed by atoms with Crippen molar-refractivity contribution in [2.24, 2.45) is 0 Å². The van der Waals surface area contributed by atoms with Gasteiger partial charge >= 0.3 is 0 Å². The lowest BCUT2D eigenvalue weighted by Crippen LogP contribution is -2.23. The number of hydrogen-bond donors (Lipinski definition) is 1. The molecule has 2 aromatic carbocycles. The van der Waals surface area contributed by atoms with Crippen molar-refractivity contribution in [1.29, 1.82) is 0 Å². The summed E-state index contributed by atoms with van der Waals surface area (Å²) in [5.74, 6) is -0.240. The highest BCUT2D eigenvalue weighted by Crippen LogP contribution is 2.37. The van der Waals surface area contributed by atoms with Crippen LogP contribution in [0.5, 0.6) is 0 Å². The molecule has 1 aliphatic rings. The summed E-state index contributed by atoms with van der Waals surface area (Å²) in [5, 5.41) is 9.92. The molecule has 0 aliphatic heterocycles. The summed E-state index contributed by atoms with van der Waals surface area (Å²) in [4.78, 5) is 0. The highest BCUT2D eigenvalue weighted by Gasteiger charge is 2.26. The van der Waals surface area contributed by atoms with Crippen molar-refractivity contribution in [1.82, 2.24) is 0 Å². The van der Waals surface area contributed by atoms with E-state index >= 15 is 0 Å². The Bertz CT molecular complexity index is 599. The maximum atomic E-state index is 13.1. The van der Waals surface area contributed by atoms with Gasteiger partial charge in [0.1, 0.15) is 5.82 Å². The molecule has 1 atom stereocenters. The second-order valence-electron chi connectivity index (χ2n) is 4.83. The first-order valence-electron chi connectivity index (χ1n) is 6.48. The van der Waals surface area contributed by atoms with Crippen molar-refractivity contribution >= 4 is 5.57 Å². The van der Waals surface area contributed by atoms with Crippen LogP contribution in [0.15, 0.2) is 60.2 Å². The molecule has 0 bridgehead atoms. The minimum absolute atomic E-state index is 0.240. The van der Waals surface area contributed by atoms with Crippen molar-refractivity contribution in [2.45, 2.75) is 18.9 Å². The van der Waals surface area contributed by atoms with Crippen LogP contribution in [0.4, 0.5) is 4.39 Å². The normalized spacial score (nSPS) is 20.8. The molecule has 0 saturated heterocycles. The van der Waals surface area contributed by atoms with Gasteiger partial charge in [0, 0.05) is 0 Å². The predicted molar refractivity (Wildman–Crippen MR) is 74.1 cm³/mol. The Labute approximate surface area is 112 Å². The third kappa shape index (κ3) is 2.32. The van der Waals surface area contributed by atoms with Crippen LogP contribution in [0.2, 0.25) is 0 Å². The van der Waals surface area contributed by atoms with Crippen LogP contribution < -0.4 is 0 Å². The molecule has 3 rings (SSSR count). The molecule has 19 heavy (non-hydrogen) atoms. The Morgan fingerprint density at radius 1 is 0.947 bits per heavy atom. The van der Waals surface area contributed by atoms with E-state index in [2.05, 4.69) is 0 Å². The molecule has 1 saturated carbocycles. The van der Waals surface area contributed by atoms with Gasteiger partial charge < -0.3 is 5.11 Å². The van der Waals surface area contributed by atoms with E-state index in [-0.39, 0.29) is 11.9 Å². The number of aliphatic hydroxyl groups is 1. The van der Waals surface area contributed by atoms with Crippen LogP contribution in [0.25, 0.3) is 5.57 Å². The average Bonchev–Trinajstić information content (AvgIpc) is 2.45. The smallest absolute Gasteiger partial charge is 0.123 e. The minimum Gasteiger partial charge on any atom is -0.389 e. The fraction of sp³-hybridized carbons (Fsp3) is 0.176. The molecule has 1 fully saturated rings. The SMILES string of the molecule is OC1CC/C1=C(/c1ccccc1)c1ccc(F)cc1. The predicted octanol–water partition coefficient (Wildman–Crippen LogP) is 3.78. The Morgan fingerprint density at radius 3 is 2.11 bits per heavy atom. The van der Waals surface area contributed by atoms with Gasteiger partial charge in [0.25, 0.3) is 0 Å². The first-order valence-corrected chi connectivity index (χ1v) is 6.48. The van der Waals surface area contributed by atoms with Gasteiger partial charge in [0.15, 0.2) is 0 Å². The molecule has 1 unspecified atom stereocenters. The van der Waals surface area contributed by atoms with Crippen LogP contribution in [-0.4, -0.2) is 11.2 Å². The fourth-order valence-corrected chi connectivity index (χ4v) is 2.47. The second-order valence-corrected chi connectivity index (χ2v) is 4.83. The number of benzene rings is 2. The van der Waals surface area contributed by atoms with Gasteiger partial charge in [0.05, 0.1) is 6.10 Å². The van der Waals surface area contributed by atoms with E-state index in [1.807, 2.05) is 30.3 Å². The van der Waals surface area contributed by atoms with E-state index in [1.54, 1.807) is 12.1 Å². The monoisotopic (exact) mass is 254 g/mol. The maximum absolute atomic E-state index is 13.1. The van der Waals surface area contributed by atoms with Crippen molar-refractivity contribution in [3.8, 4) is 0 Å². The highest BCUT2D eigenvalue weighted by molar-refractivity contribution is 5.83. The maximum Gasteiger partial charge on any atom is 0.123 e. The van der Waals surface area contributed by atoms with Crippen molar-refractivity contribution < 1.29 is 9.50 Å². The van der Waals surface area contributed by atoms with Crippen molar-refractivity contribution in [3.63, 3.8) is 0 Å². The summed E-state index contributed by atoms with van der Waals surface area (Å²) in [6.45, 7) is 0. The molecule has 0 heterocycles. The zero-order valence-corrected chi connectivity index (χ0v) is 10.5. The molecule has 1 nitrogen and oxygen atoms in total. The minimum atomic E-state index is -0.361. The Balaban J connectivity index is 2.13. The molecule has 96 valence electrons. The first-order chi connectivity index (χ1) is 9.25. The molecule has 0 amide bonds. The summed E-state index contributed by atoms with van der Waals surface area (Å²) in [5.41, 5.74) is 4.13. The highest BCUT2D eigenvalue weighted by atomic mass is 19.1. The van der Waals surface area contributed by atoms with Crippen LogP contribution in [0.3, 0.4) is 0 Å². The van der Waals surface area contributed by atoms with Gasteiger partial charge in [-0.2, -0.15) is 0 Å². The quantitative estimate of drug-likeness (QED) is 0.864. The van der Waals surface area contributed by atoms with Gasteiger partial charge in [0.2, 0.25) is 0 Å². The molecule has 0 aromatic heterocycles. The van der Waals surface area contributed by atoms with Gasteiger partial charge in [-0.1, -0.05) is 42.5 Å². The van der Waals surface area contributed by atoms with Crippen molar-refractivity contribution in [2.75, 3.05) is 0 Å². The molecular weight excluding hydrogens is 239 g/mol. The number of rotatable bonds is 2. The lowest BCUT2D eigenvalue weighted by atomic mass is 9.80. The lowest BCUT2D eigenvalue weighted by molar-refractivity contribution is 0.157. The van der Waals surface area contributed by atoms with E-state index in [0.29, 0.717) is 0 Å². The number of aliphatic hydroxyl groups excluding tert-OH is 1. The molecule has 1 aliphatic carbocycles. The third-order valence-electron chi connectivity index (χ3n) is 3.61. The summed E-state index contributed by atoms with van der Waals surface area (Å²) < 4.78 is 13.1. The van der Waals surface area contributed by atoms with Crippen LogP contribution in [0.1, 0.15) is 24.0 Å². The summed E-state index contributed by atoms with van der Waals surface area (Å²) >= 11 is 0. The fourth-order valence-electron chi connectivity index (χ4n) is 2.47. The summed E-state index contributed by atoms with van der Waals surface area (Å²) in [6.07, 6.45) is 1.36. The van der Waals surface area contributed by atoms with Crippen LogP contribution >= 0.6 is 0 Å². The lowest BCUT2D eigenvalue weighted by Gasteiger charge is -2.29.